The maximum absolute atomic E-state index is 12.4. The molecule has 0 unspecified atom stereocenters. The lowest BCUT2D eigenvalue weighted by Crippen LogP contribution is -2.43. The van der Waals surface area contributed by atoms with E-state index in [0.29, 0.717) is 16.1 Å². The number of nitrogen functional groups attached to an aromatic ring is 1. The minimum absolute atomic E-state index is 0.0157. The summed E-state index contributed by atoms with van der Waals surface area (Å²) in [5, 5.41) is 0. The van der Waals surface area contributed by atoms with Crippen molar-refractivity contribution in [3.05, 3.63) is 23.2 Å². The molecule has 0 spiro atoms. The summed E-state index contributed by atoms with van der Waals surface area (Å²) in [6.45, 7) is 0.449. The molecule has 2 aromatic rings. The van der Waals surface area contributed by atoms with Crippen LogP contribution in [0.3, 0.4) is 0 Å². The maximum atomic E-state index is 12.4. The molecular formula is C12H13N3O3S2. The zero-order valence-electron chi connectivity index (χ0n) is 10.6. The van der Waals surface area contributed by atoms with Crippen molar-refractivity contribution in [1.29, 1.82) is 0 Å². The van der Waals surface area contributed by atoms with Crippen molar-refractivity contribution in [3.63, 3.8) is 0 Å². The predicted octanol–water partition coefficient (Wildman–Crippen LogP) is 0.749. The fourth-order valence-electron chi connectivity index (χ4n) is 2.17. The number of pyridine rings is 1. The van der Waals surface area contributed by atoms with Crippen molar-refractivity contribution < 1.29 is 13.2 Å². The van der Waals surface area contributed by atoms with Gasteiger partial charge in [0.2, 0.25) is 0 Å². The third-order valence-corrected chi connectivity index (χ3v) is 6.07. The smallest absolute Gasteiger partial charge is 0.266 e. The average molecular weight is 311 g/mol. The number of hydrogen-bond acceptors (Lipinski definition) is 6. The molecule has 2 aromatic heterocycles. The topological polar surface area (TPSA) is 93.4 Å². The molecule has 106 valence electrons. The first kappa shape index (κ1) is 13.3. The van der Waals surface area contributed by atoms with Gasteiger partial charge in [-0.25, -0.2) is 8.42 Å². The number of fused-ring (bicyclic) bond motifs is 1. The van der Waals surface area contributed by atoms with Crippen LogP contribution in [-0.2, 0) is 9.84 Å². The van der Waals surface area contributed by atoms with E-state index >= 15 is 0 Å². The number of sulfone groups is 1. The van der Waals surface area contributed by atoms with Crippen LogP contribution in [0.4, 0.5) is 5.69 Å². The first-order chi connectivity index (χ1) is 9.48. The van der Waals surface area contributed by atoms with E-state index in [9.17, 15) is 13.2 Å². The summed E-state index contributed by atoms with van der Waals surface area (Å²) in [7, 11) is -3.00. The fraction of sp³-hybridized carbons (Fsp3) is 0.333. The zero-order valence-corrected chi connectivity index (χ0v) is 12.2. The van der Waals surface area contributed by atoms with E-state index in [1.54, 1.807) is 17.2 Å². The zero-order chi connectivity index (χ0) is 14.3. The lowest BCUT2D eigenvalue weighted by Gasteiger charge is -2.26. The molecule has 1 aliphatic heterocycles. The second-order valence-corrected chi connectivity index (χ2v) is 7.99. The molecule has 6 nitrogen and oxygen atoms in total. The van der Waals surface area contributed by atoms with Gasteiger partial charge < -0.3 is 10.6 Å². The van der Waals surface area contributed by atoms with E-state index in [1.165, 1.54) is 11.3 Å². The number of hydrogen-bond donors (Lipinski definition) is 1. The lowest BCUT2D eigenvalue weighted by atomic mass is 10.3. The van der Waals surface area contributed by atoms with Crippen LogP contribution < -0.4 is 5.73 Å². The van der Waals surface area contributed by atoms with E-state index in [-0.39, 0.29) is 30.5 Å². The number of rotatable bonds is 1. The highest BCUT2D eigenvalue weighted by Crippen LogP contribution is 2.32. The van der Waals surface area contributed by atoms with Gasteiger partial charge in [0.05, 0.1) is 21.9 Å². The highest BCUT2D eigenvalue weighted by atomic mass is 32.2. The Hall–Kier alpha value is -1.67. The third kappa shape index (κ3) is 2.25. The van der Waals surface area contributed by atoms with E-state index in [4.69, 9.17) is 5.73 Å². The number of nitrogens with zero attached hydrogens (tertiary/aromatic N) is 2. The molecule has 20 heavy (non-hydrogen) atoms. The number of nitrogens with two attached hydrogens (primary N) is 1. The summed E-state index contributed by atoms with van der Waals surface area (Å²) in [4.78, 5) is 18.6. The molecule has 1 fully saturated rings. The molecule has 0 atom stereocenters. The number of amides is 1. The summed E-state index contributed by atoms with van der Waals surface area (Å²) < 4.78 is 23.6. The molecule has 3 rings (SSSR count). The van der Waals surface area contributed by atoms with Crippen molar-refractivity contribution in [3.8, 4) is 0 Å². The molecule has 3 heterocycles. The minimum atomic E-state index is -3.00. The Morgan fingerprint density at radius 2 is 2.05 bits per heavy atom. The van der Waals surface area contributed by atoms with Crippen molar-refractivity contribution >= 4 is 43.0 Å². The van der Waals surface area contributed by atoms with Gasteiger partial charge in [-0.3, -0.25) is 9.78 Å². The molecule has 8 heteroatoms. The first-order valence-electron chi connectivity index (χ1n) is 6.10. The van der Waals surface area contributed by atoms with Crippen LogP contribution in [0.2, 0.25) is 0 Å². The Labute approximate surface area is 120 Å². The standard InChI is InChI=1S/C12H13N3O3S2/c13-9-10-8(2-1-3-14-10)19-11(9)12(16)15-4-6-20(17,18)7-5-15/h1-3H,4-7,13H2. The Morgan fingerprint density at radius 1 is 1.35 bits per heavy atom. The Kier molecular flexibility index (Phi) is 3.14. The number of carbonyl (C=O) groups excluding carboxylic acids is 1. The van der Waals surface area contributed by atoms with Crippen molar-refractivity contribution in [2.45, 2.75) is 0 Å². The van der Waals surface area contributed by atoms with E-state index in [2.05, 4.69) is 4.98 Å². The van der Waals surface area contributed by atoms with Gasteiger partial charge in [0.1, 0.15) is 10.4 Å². The highest BCUT2D eigenvalue weighted by molar-refractivity contribution is 7.91. The van der Waals surface area contributed by atoms with Gasteiger partial charge in [0.15, 0.2) is 9.84 Å². The van der Waals surface area contributed by atoms with Gasteiger partial charge in [-0.15, -0.1) is 11.3 Å². The normalized spacial score (nSPS) is 18.3. The summed E-state index contributed by atoms with van der Waals surface area (Å²) >= 11 is 1.30. The van der Waals surface area contributed by atoms with Gasteiger partial charge in [-0.05, 0) is 12.1 Å². The van der Waals surface area contributed by atoms with Crippen molar-refractivity contribution in [2.75, 3.05) is 30.3 Å². The number of anilines is 1. The SMILES string of the molecule is Nc1c(C(=O)N2CCS(=O)(=O)CC2)sc2cccnc12. The highest BCUT2D eigenvalue weighted by Gasteiger charge is 2.28. The monoisotopic (exact) mass is 311 g/mol. The van der Waals surface area contributed by atoms with Crippen LogP contribution in [0.1, 0.15) is 9.67 Å². The summed E-state index contributed by atoms with van der Waals surface area (Å²) in [6, 6.07) is 3.65. The molecule has 0 aliphatic carbocycles. The lowest BCUT2D eigenvalue weighted by molar-refractivity contribution is 0.0776. The Bertz CT molecular complexity index is 768. The minimum Gasteiger partial charge on any atom is -0.396 e. The van der Waals surface area contributed by atoms with Gasteiger partial charge in [0, 0.05) is 19.3 Å². The maximum Gasteiger partial charge on any atom is 0.266 e. The van der Waals surface area contributed by atoms with Crippen LogP contribution in [0.15, 0.2) is 18.3 Å². The largest absolute Gasteiger partial charge is 0.396 e. The number of thiophene rings is 1. The number of carbonyl (C=O) groups is 1. The average Bonchev–Trinajstić information content (AvgIpc) is 2.76. The van der Waals surface area contributed by atoms with E-state index < -0.39 is 9.84 Å². The molecule has 0 radical (unpaired) electrons. The number of aromatic nitrogens is 1. The summed E-state index contributed by atoms with van der Waals surface area (Å²) in [5.74, 6) is -0.177. The van der Waals surface area contributed by atoms with E-state index in [1.807, 2.05) is 6.07 Å². The predicted molar refractivity (Wildman–Crippen MR) is 78.6 cm³/mol. The molecule has 1 saturated heterocycles. The van der Waals surface area contributed by atoms with Crippen LogP contribution >= 0.6 is 11.3 Å². The first-order valence-corrected chi connectivity index (χ1v) is 8.74. The second kappa shape index (κ2) is 4.71. The van der Waals surface area contributed by atoms with Crippen LogP contribution in [0.5, 0.6) is 0 Å². The van der Waals surface area contributed by atoms with Gasteiger partial charge in [0.25, 0.3) is 5.91 Å². The Balaban J connectivity index is 1.91. The van der Waals surface area contributed by atoms with Gasteiger partial charge >= 0.3 is 0 Å². The molecular weight excluding hydrogens is 298 g/mol. The van der Waals surface area contributed by atoms with E-state index in [0.717, 1.165) is 4.70 Å². The van der Waals surface area contributed by atoms with Crippen molar-refractivity contribution in [1.82, 2.24) is 9.88 Å². The molecule has 1 aliphatic rings. The third-order valence-electron chi connectivity index (χ3n) is 3.31. The molecule has 0 bridgehead atoms. The second-order valence-electron chi connectivity index (χ2n) is 4.64. The summed E-state index contributed by atoms with van der Waals surface area (Å²) in [5.41, 5.74) is 6.99. The van der Waals surface area contributed by atoms with Crippen LogP contribution in [-0.4, -0.2) is 48.8 Å². The molecule has 0 saturated carbocycles. The molecule has 2 N–H and O–H groups in total. The Morgan fingerprint density at radius 3 is 2.70 bits per heavy atom. The van der Waals surface area contributed by atoms with Crippen LogP contribution in [0, 0.1) is 0 Å². The summed E-state index contributed by atoms with van der Waals surface area (Å²) in [6.07, 6.45) is 1.63. The van der Waals surface area contributed by atoms with Crippen LogP contribution in [0.25, 0.3) is 10.2 Å². The molecule has 0 aromatic carbocycles. The van der Waals surface area contributed by atoms with Crippen molar-refractivity contribution in [2.24, 2.45) is 0 Å². The quantitative estimate of drug-likeness (QED) is 0.839. The van der Waals surface area contributed by atoms with Gasteiger partial charge in [-0.2, -0.15) is 0 Å². The van der Waals surface area contributed by atoms with Gasteiger partial charge in [-0.1, -0.05) is 0 Å². The molecule has 1 amide bonds. The fourth-order valence-corrected chi connectivity index (χ4v) is 4.42.